The van der Waals surface area contributed by atoms with Crippen LogP contribution in [0.4, 0.5) is 11.4 Å². The fourth-order valence-corrected chi connectivity index (χ4v) is 5.03. The van der Waals surface area contributed by atoms with Gasteiger partial charge < -0.3 is 15.1 Å². The largest absolute Gasteiger partial charge is 0.369 e. The van der Waals surface area contributed by atoms with Crippen molar-refractivity contribution in [2.75, 3.05) is 54.9 Å². The molecule has 6 nitrogen and oxygen atoms in total. The van der Waals surface area contributed by atoms with Gasteiger partial charge in [-0.05, 0) is 50.1 Å². The SMILES string of the molecule is CN1CCN(c2ccc(NC(=O)CC3CCS(=O)(=O)CC3)cc2)CC1. The molecule has 2 aliphatic heterocycles. The normalized spacial score (nSPS) is 21.9. The second-order valence-electron chi connectivity index (χ2n) is 7.18. The van der Waals surface area contributed by atoms with E-state index in [0.29, 0.717) is 19.3 Å². The number of nitrogens with one attached hydrogen (secondary N) is 1. The smallest absolute Gasteiger partial charge is 0.224 e. The molecule has 0 unspecified atom stereocenters. The minimum atomic E-state index is -2.87. The van der Waals surface area contributed by atoms with Crippen LogP contribution in [0.2, 0.25) is 0 Å². The molecule has 0 radical (unpaired) electrons. The molecule has 25 heavy (non-hydrogen) atoms. The number of hydrogen-bond donors (Lipinski definition) is 1. The van der Waals surface area contributed by atoms with Crippen molar-refractivity contribution >= 4 is 27.1 Å². The molecule has 2 fully saturated rings. The number of carbonyl (C=O) groups excluding carboxylic acids is 1. The van der Waals surface area contributed by atoms with Crippen LogP contribution < -0.4 is 10.2 Å². The lowest BCUT2D eigenvalue weighted by Gasteiger charge is -2.34. The lowest BCUT2D eigenvalue weighted by Crippen LogP contribution is -2.44. The van der Waals surface area contributed by atoms with E-state index in [0.717, 1.165) is 31.9 Å². The summed E-state index contributed by atoms with van der Waals surface area (Å²) >= 11 is 0. The zero-order valence-corrected chi connectivity index (χ0v) is 15.6. The van der Waals surface area contributed by atoms with Crippen molar-refractivity contribution < 1.29 is 13.2 Å². The molecule has 1 N–H and O–H groups in total. The first-order valence-corrected chi connectivity index (χ1v) is 10.8. The van der Waals surface area contributed by atoms with Gasteiger partial charge in [0.15, 0.2) is 0 Å². The Bertz CT molecular complexity index is 681. The molecule has 1 amide bonds. The van der Waals surface area contributed by atoms with Crippen molar-refractivity contribution in [1.82, 2.24) is 4.90 Å². The number of likely N-dealkylation sites (N-methyl/N-ethyl adjacent to an activating group) is 1. The maximum Gasteiger partial charge on any atom is 0.224 e. The average Bonchev–Trinajstić information content (AvgIpc) is 2.58. The summed E-state index contributed by atoms with van der Waals surface area (Å²) in [7, 11) is -0.732. The number of rotatable bonds is 4. The van der Waals surface area contributed by atoms with Crippen molar-refractivity contribution in [2.24, 2.45) is 5.92 Å². The molecule has 1 aromatic rings. The van der Waals surface area contributed by atoms with Crippen LogP contribution in [0.15, 0.2) is 24.3 Å². The molecule has 2 saturated heterocycles. The number of benzene rings is 1. The maximum atomic E-state index is 12.2. The zero-order chi connectivity index (χ0) is 17.9. The number of anilines is 2. The quantitative estimate of drug-likeness (QED) is 0.878. The van der Waals surface area contributed by atoms with Crippen LogP contribution in [0.5, 0.6) is 0 Å². The minimum Gasteiger partial charge on any atom is -0.369 e. The summed E-state index contributed by atoms with van der Waals surface area (Å²) in [5, 5.41) is 2.93. The third kappa shape index (κ3) is 5.19. The zero-order valence-electron chi connectivity index (χ0n) is 14.8. The van der Waals surface area contributed by atoms with Gasteiger partial charge >= 0.3 is 0 Å². The summed E-state index contributed by atoms with van der Waals surface area (Å²) in [6, 6.07) is 7.98. The van der Waals surface area contributed by atoms with Gasteiger partial charge in [-0.25, -0.2) is 8.42 Å². The van der Waals surface area contributed by atoms with Gasteiger partial charge in [0.25, 0.3) is 0 Å². The first kappa shape index (κ1) is 18.2. The second kappa shape index (κ2) is 7.74. The summed E-state index contributed by atoms with van der Waals surface area (Å²) in [6.07, 6.45) is 1.59. The summed E-state index contributed by atoms with van der Waals surface area (Å²) < 4.78 is 22.9. The van der Waals surface area contributed by atoms with Crippen LogP contribution in [0.3, 0.4) is 0 Å². The second-order valence-corrected chi connectivity index (χ2v) is 9.49. The van der Waals surface area contributed by atoms with Gasteiger partial charge in [-0.1, -0.05) is 0 Å². The Morgan fingerprint density at radius 1 is 1.08 bits per heavy atom. The Morgan fingerprint density at radius 2 is 1.68 bits per heavy atom. The molecule has 0 aromatic heterocycles. The van der Waals surface area contributed by atoms with Gasteiger partial charge in [0.2, 0.25) is 5.91 Å². The van der Waals surface area contributed by atoms with Crippen LogP contribution in [-0.4, -0.2) is 64.0 Å². The molecule has 0 bridgehead atoms. The van der Waals surface area contributed by atoms with Gasteiger partial charge in [-0.15, -0.1) is 0 Å². The number of hydrogen-bond acceptors (Lipinski definition) is 5. The standard InChI is InChI=1S/C18H27N3O3S/c1-20-8-10-21(11-9-20)17-4-2-16(3-5-17)19-18(22)14-15-6-12-25(23,24)13-7-15/h2-5,15H,6-14H2,1H3,(H,19,22). The molecule has 0 spiro atoms. The van der Waals surface area contributed by atoms with Gasteiger partial charge in [0, 0.05) is 44.0 Å². The van der Waals surface area contributed by atoms with E-state index < -0.39 is 9.84 Å². The van der Waals surface area contributed by atoms with Gasteiger partial charge in [-0.2, -0.15) is 0 Å². The molecule has 0 aliphatic carbocycles. The lowest BCUT2D eigenvalue weighted by molar-refractivity contribution is -0.117. The Morgan fingerprint density at radius 3 is 2.28 bits per heavy atom. The predicted octanol–water partition coefficient (Wildman–Crippen LogP) is 1.59. The van der Waals surface area contributed by atoms with E-state index in [1.807, 2.05) is 24.3 Å². The highest BCUT2D eigenvalue weighted by Crippen LogP contribution is 2.23. The predicted molar refractivity (Wildman–Crippen MR) is 101 cm³/mol. The molecular formula is C18H27N3O3S. The average molecular weight is 365 g/mol. The summed E-state index contributed by atoms with van der Waals surface area (Å²) in [5.41, 5.74) is 1.98. The highest BCUT2D eigenvalue weighted by atomic mass is 32.2. The minimum absolute atomic E-state index is 0.0309. The van der Waals surface area contributed by atoms with E-state index in [1.54, 1.807) is 0 Å². The summed E-state index contributed by atoms with van der Waals surface area (Å²) in [4.78, 5) is 16.9. The highest BCUT2D eigenvalue weighted by molar-refractivity contribution is 7.91. The molecule has 7 heteroatoms. The van der Waals surface area contributed by atoms with E-state index >= 15 is 0 Å². The molecule has 3 rings (SSSR count). The topological polar surface area (TPSA) is 69.7 Å². The van der Waals surface area contributed by atoms with E-state index in [1.165, 1.54) is 5.69 Å². The van der Waals surface area contributed by atoms with E-state index in [4.69, 9.17) is 0 Å². The maximum absolute atomic E-state index is 12.2. The van der Waals surface area contributed by atoms with Crippen LogP contribution in [-0.2, 0) is 14.6 Å². The first-order chi connectivity index (χ1) is 11.9. The van der Waals surface area contributed by atoms with Crippen LogP contribution >= 0.6 is 0 Å². The van der Waals surface area contributed by atoms with Crippen LogP contribution in [0.25, 0.3) is 0 Å². The number of nitrogens with zero attached hydrogens (tertiary/aromatic N) is 2. The number of piperazine rings is 1. The summed E-state index contributed by atoms with van der Waals surface area (Å²) in [6.45, 7) is 4.17. The molecule has 138 valence electrons. The third-order valence-electron chi connectivity index (χ3n) is 5.17. The van der Waals surface area contributed by atoms with Crippen molar-refractivity contribution in [3.63, 3.8) is 0 Å². The highest BCUT2D eigenvalue weighted by Gasteiger charge is 2.25. The van der Waals surface area contributed by atoms with E-state index in [-0.39, 0.29) is 23.3 Å². The fourth-order valence-electron chi connectivity index (χ4n) is 3.44. The molecule has 1 aromatic carbocycles. The molecule has 2 aliphatic rings. The third-order valence-corrected chi connectivity index (χ3v) is 6.88. The van der Waals surface area contributed by atoms with E-state index in [2.05, 4.69) is 22.2 Å². The Balaban J connectivity index is 1.49. The fraction of sp³-hybridized carbons (Fsp3) is 0.611. The van der Waals surface area contributed by atoms with Crippen LogP contribution in [0, 0.1) is 5.92 Å². The van der Waals surface area contributed by atoms with Gasteiger partial charge in [0.05, 0.1) is 11.5 Å². The van der Waals surface area contributed by atoms with Crippen LogP contribution in [0.1, 0.15) is 19.3 Å². The molecule has 0 saturated carbocycles. The Hall–Kier alpha value is -1.60. The molecule has 2 heterocycles. The van der Waals surface area contributed by atoms with Crippen molar-refractivity contribution in [2.45, 2.75) is 19.3 Å². The van der Waals surface area contributed by atoms with Crippen molar-refractivity contribution in [3.8, 4) is 0 Å². The van der Waals surface area contributed by atoms with Gasteiger partial charge in [-0.3, -0.25) is 4.79 Å². The number of carbonyl (C=O) groups is 1. The molecular weight excluding hydrogens is 338 g/mol. The monoisotopic (exact) mass is 365 g/mol. The van der Waals surface area contributed by atoms with E-state index in [9.17, 15) is 13.2 Å². The summed E-state index contributed by atoms with van der Waals surface area (Å²) in [5.74, 6) is 0.569. The van der Waals surface area contributed by atoms with Gasteiger partial charge in [0.1, 0.15) is 9.84 Å². The first-order valence-electron chi connectivity index (χ1n) is 8.95. The number of amides is 1. The Labute approximate surface area is 150 Å². The molecule has 0 atom stereocenters. The Kier molecular flexibility index (Phi) is 5.64. The lowest BCUT2D eigenvalue weighted by atomic mass is 9.98. The number of sulfone groups is 1. The van der Waals surface area contributed by atoms with Crippen molar-refractivity contribution in [3.05, 3.63) is 24.3 Å². The van der Waals surface area contributed by atoms with Crippen molar-refractivity contribution in [1.29, 1.82) is 0 Å².